The van der Waals surface area contributed by atoms with Gasteiger partial charge >= 0.3 is 0 Å². The molecule has 4 rings (SSSR count). The summed E-state index contributed by atoms with van der Waals surface area (Å²) in [5, 5.41) is 0. The highest BCUT2D eigenvalue weighted by atomic mass is 16.6. The zero-order chi connectivity index (χ0) is 20.4. The van der Waals surface area contributed by atoms with Crippen LogP contribution in [0.3, 0.4) is 0 Å². The van der Waals surface area contributed by atoms with Crippen molar-refractivity contribution in [1.82, 2.24) is 9.80 Å². The van der Waals surface area contributed by atoms with Crippen molar-refractivity contribution in [2.75, 3.05) is 32.8 Å². The third-order valence-corrected chi connectivity index (χ3v) is 5.49. The minimum atomic E-state index is -0.643. The monoisotopic (exact) mass is 394 g/mol. The zero-order valence-corrected chi connectivity index (χ0v) is 16.8. The molecule has 0 aliphatic carbocycles. The van der Waals surface area contributed by atoms with Crippen molar-refractivity contribution in [3.8, 4) is 11.5 Å². The second-order valence-electron chi connectivity index (χ2n) is 7.76. The average molecular weight is 394 g/mol. The predicted octanol–water partition coefficient (Wildman–Crippen LogP) is 2.93. The molecule has 1 atom stereocenters. The third kappa shape index (κ3) is 4.06. The first-order chi connectivity index (χ1) is 14.0. The van der Waals surface area contributed by atoms with E-state index in [0.29, 0.717) is 49.2 Å². The van der Waals surface area contributed by atoms with Crippen LogP contribution in [0.4, 0.5) is 0 Å². The van der Waals surface area contributed by atoms with Gasteiger partial charge in [-0.3, -0.25) is 9.59 Å². The lowest BCUT2D eigenvalue weighted by molar-refractivity contribution is -0.142. The Balaban J connectivity index is 1.33. The SMILES string of the molecule is CC(C)c1ccc(C(=O)N2CCN(C(=O)[C@H]3COc4ccccc4O3)CC2)cc1. The second-order valence-corrected chi connectivity index (χ2v) is 7.76. The van der Waals surface area contributed by atoms with Crippen LogP contribution in [0.5, 0.6) is 11.5 Å². The van der Waals surface area contributed by atoms with Gasteiger partial charge in [-0.1, -0.05) is 38.1 Å². The highest BCUT2D eigenvalue weighted by molar-refractivity contribution is 5.94. The van der Waals surface area contributed by atoms with Crippen LogP contribution in [0.25, 0.3) is 0 Å². The maximum atomic E-state index is 12.8. The predicted molar refractivity (Wildman–Crippen MR) is 109 cm³/mol. The Morgan fingerprint density at radius 2 is 1.52 bits per heavy atom. The maximum absolute atomic E-state index is 12.8. The van der Waals surface area contributed by atoms with Crippen LogP contribution < -0.4 is 9.47 Å². The first-order valence-corrected chi connectivity index (χ1v) is 10.1. The molecular weight excluding hydrogens is 368 g/mol. The molecule has 0 N–H and O–H groups in total. The van der Waals surface area contributed by atoms with Crippen LogP contribution in [0.15, 0.2) is 48.5 Å². The number of hydrogen-bond acceptors (Lipinski definition) is 4. The number of benzene rings is 2. The highest BCUT2D eigenvalue weighted by Gasteiger charge is 2.33. The minimum absolute atomic E-state index is 0.0126. The Labute approximate surface area is 171 Å². The Morgan fingerprint density at radius 1 is 0.897 bits per heavy atom. The number of hydrogen-bond donors (Lipinski definition) is 0. The Morgan fingerprint density at radius 3 is 2.17 bits per heavy atom. The molecule has 2 heterocycles. The standard InChI is InChI=1S/C23H26N2O4/c1-16(2)17-7-9-18(10-8-17)22(26)24-11-13-25(14-12-24)23(27)21-15-28-19-5-3-4-6-20(19)29-21/h3-10,16,21H,11-15H2,1-2H3/t21-/m1/s1. The van der Waals surface area contributed by atoms with Crippen molar-refractivity contribution in [2.24, 2.45) is 0 Å². The maximum Gasteiger partial charge on any atom is 0.267 e. The zero-order valence-electron chi connectivity index (χ0n) is 16.8. The number of piperazine rings is 1. The molecule has 6 heteroatoms. The van der Waals surface area contributed by atoms with Gasteiger partial charge < -0.3 is 19.3 Å². The molecule has 0 spiro atoms. The average Bonchev–Trinajstić information content (AvgIpc) is 2.78. The smallest absolute Gasteiger partial charge is 0.267 e. The van der Waals surface area contributed by atoms with E-state index in [1.165, 1.54) is 5.56 Å². The first-order valence-electron chi connectivity index (χ1n) is 10.1. The summed E-state index contributed by atoms with van der Waals surface area (Å²) in [6.45, 7) is 6.49. The molecule has 6 nitrogen and oxygen atoms in total. The topological polar surface area (TPSA) is 59.1 Å². The number of para-hydroxylation sites is 2. The molecule has 0 radical (unpaired) electrons. The van der Waals surface area contributed by atoms with Crippen molar-refractivity contribution in [3.63, 3.8) is 0 Å². The van der Waals surface area contributed by atoms with Crippen LogP contribution in [0.1, 0.15) is 35.7 Å². The molecule has 2 aromatic carbocycles. The summed E-state index contributed by atoms with van der Waals surface area (Å²) in [6.07, 6.45) is -0.643. The van der Waals surface area contributed by atoms with Crippen LogP contribution >= 0.6 is 0 Å². The van der Waals surface area contributed by atoms with Gasteiger partial charge in [-0.15, -0.1) is 0 Å². The van der Waals surface area contributed by atoms with Crippen molar-refractivity contribution in [2.45, 2.75) is 25.9 Å². The number of amides is 2. The van der Waals surface area contributed by atoms with Crippen molar-refractivity contribution >= 4 is 11.8 Å². The molecule has 0 aromatic heterocycles. The molecular formula is C23H26N2O4. The van der Waals surface area contributed by atoms with Gasteiger partial charge in [0.2, 0.25) is 6.10 Å². The van der Waals surface area contributed by atoms with E-state index in [1.54, 1.807) is 11.0 Å². The van der Waals surface area contributed by atoms with Gasteiger partial charge in [-0.05, 0) is 35.7 Å². The molecule has 2 aromatic rings. The number of nitrogens with zero attached hydrogens (tertiary/aromatic N) is 2. The van der Waals surface area contributed by atoms with Gasteiger partial charge in [0.05, 0.1) is 0 Å². The summed E-state index contributed by atoms with van der Waals surface area (Å²) in [4.78, 5) is 29.2. The fourth-order valence-corrected chi connectivity index (χ4v) is 3.67. The largest absolute Gasteiger partial charge is 0.485 e. The van der Waals surface area contributed by atoms with Crippen LogP contribution in [0.2, 0.25) is 0 Å². The van der Waals surface area contributed by atoms with Gasteiger partial charge in [0, 0.05) is 31.7 Å². The van der Waals surface area contributed by atoms with E-state index >= 15 is 0 Å². The van der Waals surface area contributed by atoms with E-state index in [2.05, 4.69) is 13.8 Å². The molecule has 2 aliphatic rings. The first kappa shape index (κ1) is 19.3. The van der Waals surface area contributed by atoms with E-state index in [9.17, 15) is 9.59 Å². The second kappa shape index (κ2) is 8.15. The molecule has 1 saturated heterocycles. The molecule has 0 bridgehead atoms. The fourth-order valence-electron chi connectivity index (χ4n) is 3.67. The van der Waals surface area contributed by atoms with Crippen LogP contribution in [-0.4, -0.2) is 60.5 Å². The number of ether oxygens (including phenoxy) is 2. The van der Waals surface area contributed by atoms with Gasteiger partial charge in [-0.2, -0.15) is 0 Å². The normalized spacial score (nSPS) is 18.7. The number of fused-ring (bicyclic) bond motifs is 1. The minimum Gasteiger partial charge on any atom is -0.485 e. The molecule has 0 unspecified atom stereocenters. The summed E-state index contributed by atoms with van der Waals surface area (Å²) in [6, 6.07) is 15.2. The quantitative estimate of drug-likeness (QED) is 0.803. The van der Waals surface area contributed by atoms with Crippen molar-refractivity contribution in [1.29, 1.82) is 0 Å². The summed E-state index contributed by atoms with van der Waals surface area (Å²) in [5.41, 5.74) is 1.91. The summed E-state index contributed by atoms with van der Waals surface area (Å²) in [5.74, 6) is 1.62. The fraction of sp³-hybridized carbons (Fsp3) is 0.391. The molecule has 152 valence electrons. The lowest BCUT2D eigenvalue weighted by Crippen LogP contribution is -2.55. The van der Waals surface area contributed by atoms with E-state index in [0.717, 1.165) is 0 Å². The Bertz CT molecular complexity index is 886. The van der Waals surface area contributed by atoms with Gasteiger partial charge in [-0.25, -0.2) is 0 Å². The van der Waals surface area contributed by atoms with Crippen LogP contribution in [0, 0.1) is 0 Å². The molecule has 29 heavy (non-hydrogen) atoms. The third-order valence-electron chi connectivity index (χ3n) is 5.49. The Kier molecular flexibility index (Phi) is 5.43. The van der Waals surface area contributed by atoms with Crippen molar-refractivity contribution < 1.29 is 19.1 Å². The van der Waals surface area contributed by atoms with Crippen LogP contribution in [-0.2, 0) is 4.79 Å². The molecule has 1 fully saturated rings. The van der Waals surface area contributed by atoms with Gasteiger partial charge in [0.15, 0.2) is 11.5 Å². The summed E-state index contributed by atoms with van der Waals surface area (Å²) < 4.78 is 11.5. The van der Waals surface area contributed by atoms with E-state index in [1.807, 2.05) is 47.4 Å². The lowest BCUT2D eigenvalue weighted by Gasteiger charge is -2.37. The van der Waals surface area contributed by atoms with Crippen molar-refractivity contribution in [3.05, 3.63) is 59.7 Å². The van der Waals surface area contributed by atoms with E-state index in [-0.39, 0.29) is 18.4 Å². The lowest BCUT2D eigenvalue weighted by atomic mass is 10.0. The number of carbonyl (C=O) groups is 2. The van der Waals surface area contributed by atoms with Gasteiger partial charge in [0.1, 0.15) is 6.61 Å². The van der Waals surface area contributed by atoms with Gasteiger partial charge in [0.25, 0.3) is 11.8 Å². The number of rotatable bonds is 3. The summed E-state index contributed by atoms with van der Waals surface area (Å²) >= 11 is 0. The molecule has 2 aliphatic heterocycles. The summed E-state index contributed by atoms with van der Waals surface area (Å²) in [7, 11) is 0. The molecule has 0 saturated carbocycles. The molecule has 2 amide bonds. The Hall–Kier alpha value is -3.02. The number of carbonyl (C=O) groups excluding carboxylic acids is 2. The van der Waals surface area contributed by atoms with E-state index in [4.69, 9.17) is 9.47 Å². The van der Waals surface area contributed by atoms with E-state index < -0.39 is 6.10 Å². The highest BCUT2D eigenvalue weighted by Crippen LogP contribution is 2.31.